The minimum Gasteiger partial charge on any atom is -0.478 e. The van der Waals surface area contributed by atoms with E-state index in [-0.39, 0.29) is 0 Å². The van der Waals surface area contributed by atoms with Gasteiger partial charge in [0, 0.05) is 12.2 Å². The van der Waals surface area contributed by atoms with E-state index >= 15 is 0 Å². The Labute approximate surface area is 119 Å². The second-order valence-corrected chi connectivity index (χ2v) is 3.83. The third kappa shape index (κ3) is 20.8. The van der Waals surface area contributed by atoms with Gasteiger partial charge in [-0.05, 0) is 19.4 Å². The topological polar surface area (TPSA) is 74.6 Å². The minimum atomic E-state index is -1.26. The molecule has 0 aliphatic heterocycles. The van der Waals surface area contributed by atoms with Crippen molar-refractivity contribution in [1.29, 1.82) is 0 Å². The highest BCUT2D eigenvalue weighted by Gasteiger charge is 1.88. The van der Waals surface area contributed by atoms with E-state index in [1.165, 1.54) is 11.1 Å². The molecule has 0 bridgehead atoms. The molecule has 108 valence electrons. The van der Waals surface area contributed by atoms with Crippen LogP contribution in [0.1, 0.15) is 19.4 Å². The molecule has 0 aromatic heterocycles. The van der Waals surface area contributed by atoms with Crippen molar-refractivity contribution >= 4 is 18.0 Å². The number of carboxylic acids is 2. The summed E-state index contributed by atoms with van der Waals surface area (Å²) in [5, 5.41) is 15.6. The molecule has 0 heterocycles. The normalized spacial score (nSPS) is 8.50. The first-order valence-electron chi connectivity index (χ1n) is 5.73. The molecule has 20 heavy (non-hydrogen) atoms. The Bertz CT molecular complexity index is 439. The molecule has 2 N–H and O–H groups in total. The van der Waals surface area contributed by atoms with Crippen LogP contribution in [0, 0.1) is 0 Å². The van der Waals surface area contributed by atoms with E-state index < -0.39 is 11.9 Å². The molecule has 4 heteroatoms. The first-order valence-corrected chi connectivity index (χ1v) is 5.73. The molecule has 0 unspecified atom stereocenters. The molecule has 0 aliphatic carbocycles. The molecular weight excluding hydrogens is 256 g/mol. The second-order valence-electron chi connectivity index (χ2n) is 3.83. The Balaban J connectivity index is 0. The zero-order chi connectivity index (χ0) is 16.0. The van der Waals surface area contributed by atoms with Gasteiger partial charge in [-0.25, -0.2) is 9.59 Å². The summed E-state index contributed by atoms with van der Waals surface area (Å²) >= 11 is 0. The molecule has 0 fully saturated rings. The number of hydrogen-bond acceptors (Lipinski definition) is 2. The van der Waals surface area contributed by atoms with Crippen molar-refractivity contribution in [3.8, 4) is 0 Å². The SMILES string of the molecule is C=C(C)C.C=Cc1ccccc1.O=C(O)C=CC(=O)O. The number of aliphatic carboxylic acids is 2. The molecule has 1 aromatic rings. The second kappa shape index (κ2) is 12.8. The molecule has 1 rings (SSSR count). The first kappa shape index (κ1) is 19.7. The molecule has 0 atom stereocenters. The average Bonchev–Trinajstić information content (AvgIpc) is 2.37. The lowest BCUT2D eigenvalue weighted by Gasteiger charge is -1.85. The van der Waals surface area contributed by atoms with Crippen LogP contribution in [-0.4, -0.2) is 22.2 Å². The lowest BCUT2D eigenvalue weighted by Crippen LogP contribution is -1.91. The largest absolute Gasteiger partial charge is 0.478 e. The maximum Gasteiger partial charge on any atom is 0.328 e. The summed E-state index contributed by atoms with van der Waals surface area (Å²) in [6.07, 6.45) is 2.95. The standard InChI is InChI=1S/C8H8.C4H4O4.C4H8/c1-2-8-6-4-3-5-7-8;5-3(6)1-2-4(7)8;1-4(2)3/h2-7H,1H2;1-2H,(H,5,6)(H,7,8);1H2,2-3H3. The van der Waals surface area contributed by atoms with Gasteiger partial charge in [0.2, 0.25) is 0 Å². The number of carboxylic acid groups (broad SMARTS) is 2. The van der Waals surface area contributed by atoms with E-state index in [0.29, 0.717) is 12.2 Å². The summed E-state index contributed by atoms with van der Waals surface area (Å²) < 4.78 is 0. The molecular formula is C16H20O4. The Hall–Kier alpha value is -2.62. The van der Waals surface area contributed by atoms with Crippen molar-refractivity contribution in [3.05, 3.63) is 66.8 Å². The van der Waals surface area contributed by atoms with Crippen LogP contribution >= 0.6 is 0 Å². The van der Waals surface area contributed by atoms with E-state index in [2.05, 4.69) is 13.2 Å². The van der Waals surface area contributed by atoms with Crippen molar-refractivity contribution < 1.29 is 19.8 Å². The summed E-state index contributed by atoms with van der Waals surface area (Å²) in [6.45, 7) is 11.1. The van der Waals surface area contributed by atoms with Gasteiger partial charge >= 0.3 is 11.9 Å². The average molecular weight is 276 g/mol. The van der Waals surface area contributed by atoms with E-state index in [1.54, 1.807) is 0 Å². The minimum absolute atomic E-state index is 0.558. The zero-order valence-corrected chi connectivity index (χ0v) is 11.7. The molecule has 1 aromatic carbocycles. The Morgan fingerprint density at radius 1 is 1.00 bits per heavy atom. The Morgan fingerprint density at radius 2 is 1.35 bits per heavy atom. The highest BCUT2D eigenvalue weighted by molar-refractivity contribution is 5.89. The van der Waals surface area contributed by atoms with E-state index in [0.717, 1.165) is 0 Å². The van der Waals surface area contributed by atoms with Crippen molar-refractivity contribution in [2.75, 3.05) is 0 Å². The van der Waals surface area contributed by atoms with Crippen LogP contribution in [-0.2, 0) is 9.59 Å². The zero-order valence-electron chi connectivity index (χ0n) is 11.7. The van der Waals surface area contributed by atoms with Gasteiger partial charge in [-0.1, -0.05) is 48.6 Å². The number of hydrogen-bond donors (Lipinski definition) is 2. The van der Waals surface area contributed by atoms with Crippen LogP contribution in [0.2, 0.25) is 0 Å². The Kier molecular flexibility index (Phi) is 12.6. The fraction of sp³-hybridized carbons (Fsp3) is 0.125. The third-order valence-electron chi connectivity index (χ3n) is 1.40. The fourth-order valence-electron chi connectivity index (χ4n) is 0.732. The summed E-state index contributed by atoms with van der Waals surface area (Å²) in [5.41, 5.74) is 2.34. The van der Waals surface area contributed by atoms with Crippen molar-refractivity contribution in [1.82, 2.24) is 0 Å². The fourth-order valence-corrected chi connectivity index (χ4v) is 0.732. The molecule has 0 amide bonds. The number of benzene rings is 1. The molecule has 0 aliphatic rings. The maximum absolute atomic E-state index is 9.55. The third-order valence-corrected chi connectivity index (χ3v) is 1.40. The maximum atomic E-state index is 9.55. The van der Waals surface area contributed by atoms with Crippen molar-refractivity contribution in [2.45, 2.75) is 13.8 Å². The molecule has 0 saturated carbocycles. The number of allylic oxidation sites excluding steroid dienone is 1. The Morgan fingerprint density at radius 3 is 1.55 bits per heavy atom. The quantitative estimate of drug-likeness (QED) is 0.653. The van der Waals surface area contributed by atoms with Crippen LogP contribution < -0.4 is 0 Å². The van der Waals surface area contributed by atoms with Crippen LogP contribution in [0.4, 0.5) is 0 Å². The lowest BCUT2D eigenvalue weighted by atomic mass is 10.2. The van der Waals surface area contributed by atoms with Gasteiger partial charge in [0.25, 0.3) is 0 Å². The van der Waals surface area contributed by atoms with Crippen LogP contribution in [0.5, 0.6) is 0 Å². The predicted molar refractivity (Wildman–Crippen MR) is 81.4 cm³/mol. The van der Waals surface area contributed by atoms with Gasteiger partial charge < -0.3 is 10.2 Å². The van der Waals surface area contributed by atoms with Gasteiger partial charge in [-0.15, -0.1) is 6.58 Å². The molecule has 0 saturated heterocycles. The first-order chi connectivity index (χ1) is 9.29. The monoisotopic (exact) mass is 276 g/mol. The van der Waals surface area contributed by atoms with E-state index in [4.69, 9.17) is 10.2 Å². The van der Waals surface area contributed by atoms with Gasteiger partial charge in [0.15, 0.2) is 0 Å². The summed E-state index contributed by atoms with van der Waals surface area (Å²) in [6, 6.07) is 10.0. The van der Waals surface area contributed by atoms with Gasteiger partial charge in [-0.3, -0.25) is 0 Å². The van der Waals surface area contributed by atoms with Gasteiger partial charge in [-0.2, -0.15) is 0 Å². The van der Waals surface area contributed by atoms with Gasteiger partial charge in [0.05, 0.1) is 0 Å². The highest BCUT2D eigenvalue weighted by atomic mass is 16.4. The molecule has 0 radical (unpaired) electrons. The molecule has 4 nitrogen and oxygen atoms in total. The van der Waals surface area contributed by atoms with Crippen LogP contribution in [0.3, 0.4) is 0 Å². The van der Waals surface area contributed by atoms with Crippen molar-refractivity contribution in [2.24, 2.45) is 0 Å². The van der Waals surface area contributed by atoms with E-state index in [9.17, 15) is 9.59 Å². The smallest absolute Gasteiger partial charge is 0.328 e. The highest BCUT2D eigenvalue weighted by Crippen LogP contribution is 1.97. The summed E-state index contributed by atoms with van der Waals surface area (Å²) in [5.74, 6) is -2.51. The number of rotatable bonds is 3. The number of carbonyl (C=O) groups is 2. The van der Waals surface area contributed by atoms with E-state index in [1.807, 2.05) is 50.3 Å². The summed E-state index contributed by atoms with van der Waals surface area (Å²) in [4.78, 5) is 19.1. The lowest BCUT2D eigenvalue weighted by molar-refractivity contribution is -0.134. The van der Waals surface area contributed by atoms with Crippen molar-refractivity contribution in [3.63, 3.8) is 0 Å². The van der Waals surface area contributed by atoms with Gasteiger partial charge in [0.1, 0.15) is 0 Å². The summed E-state index contributed by atoms with van der Waals surface area (Å²) in [7, 11) is 0. The van der Waals surface area contributed by atoms with Crippen LogP contribution in [0.15, 0.2) is 61.2 Å². The predicted octanol–water partition coefficient (Wildman–Crippen LogP) is 3.62. The molecule has 0 spiro atoms. The van der Waals surface area contributed by atoms with Crippen LogP contribution in [0.25, 0.3) is 6.08 Å².